The highest BCUT2D eigenvalue weighted by molar-refractivity contribution is 9.10. The van der Waals surface area contributed by atoms with Crippen LogP contribution in [0, 0.1) is 13.8 Å². The molecule has 0 saturated carbocycles. The average molecular weight is 340 g/mol. The molecule has 1 nitrogen and oxygen atoms in total. The Morgan fingerprint density at radius 3 is 2.00 bits per heavy atom. The van der Waals surface area contributed by atoms with E-state index in [9.17, 15) is 0 Å². The van der Waals surface area contributed by atoms with E-state index in [-0.39, 0.29) is 6.04 Å². The second-order valence-corrected chi connectivity index (χ2v) is 6.78. The van der Waals surface area contributed by atoms with Crippen LogP contribution in [0.2, 0.25) is 0 Å². The lowest BCUT2D eigenvalue weighted by Crippen LogP contribution is -2.10. The zero-order chi connectivity index (χ0) is 15.0. The number of nitrogens with two attached hydrogens (primary N) is 1. The number of hydrogen-bond acceptors (Lipinski definition) is 1. The Balaban J connectivity index is 2.31. The molecule has 114 valence electrons. The van der Waals surface area contributed by atoms with E-state index >= 15 is 0 Å². The molecule has 0 radical (unpaired) electrons. The molecule has 0 saturated heterocycles. The molecule has 0 bridgehead atoms. The summed E-state index contributed by atoms with van der Waals surface area (Å²) in [7, 11) is 0. The molecule has 0 fully saturated rings. The quantitative estimate of drug-likeness (QED) is 0.532. The van der Waals surface area contributed by atoms with E-state index in [1.54, 1.807) is 0 Å². The van der Waals surface area contributed by atoms with E-state index in [0.717, 1.165) is 6.42 Å². The lowest BCUT2D eigenvalue weighted by Gasteiger charge is -2.15. The number of halogens is 1. The van der Waals surface area contributed by atoms with Gasteiger partial charge in [0.15, 0.2) is 0 Å². The molecule has 0 amide bonds. The van der Waals surface area contributed by atoms with Gasteiger partial charge in [-0.3, -0.25) is 0 Å². The Morgan fingerprint density at radius 1 is 0.950 bits per heavy atom. The highest BCUT2D eigenvalue weighted by Gasteiger charge is 2.09. The third-order valence-corrected chi connectivity index (χ3v) is 5.26. The molecule has 1 rings (SSSR count). The zero-order valence-electron chi connectivity index (χ0n) is 13.3. The van der Waals surface area contributed by atoms with Gasteiger partial charge in [-0.25, -0.2) is 0 Å². The summed E-state index contributed by atoms with van der Waals surface area (Å²) in [6.45, 7) is 6.54. The summed E-state index contributed by atoms with van der Waals surface area (Å²) < 4.78 is 1.21. The molecule has 1 aromatic carbocycles. The number of rotatable bonds is 9. The number of benzene rings is 1. The van der Waals surface area contributed by atoms with E-state index < -0.39 is 0 Å². The van der Waals surface area contributed by atoms with E-state index in [0.29, 0.717) is 0 Å². The summed E-state index contributed by atoms with van der Waals surface area (Å²) in [5, 5.41) is 0. The third-order valence-electron chi connectivity index (χ3n) is 4.01. The van der Waals surface area contributed by atoms with Crippen LogP contribution in [0.4, 0.5) is 0 Å². The largest absolute Gasteiger partial charge is 0.324 e. The van der Waals surface area contributed by atoms with Gasteiger partial charge in [-0.05, 0) is 37.0 Å². The molecule has 0 heterocycles. The van der Waals surface area contributed by atoms with Crippen LogP contribution in [0.25, 0.3) is 0 Å². The molecule has 0 spiro atoms. The number of aryl methyl sites for hydroxylation is 2. The first-order chi connectivity index (χ1) is 9.56. The minimum atomic E-state index is 0.191. The molecule has 0 aliphatic heterocycles. The minimum absolute atomic E-state index is 0.191. The zero-order valence-corrected chi connectivity index (χ0v) is 14.9. The van der Waals surface area contributed by atoms with Crippen molar-refractivity contribution < 1.29 is 0 Å². The van der Waals surface area contributed by atoms with Crippen LogP contribution >= 0.6 is 15.9 Å². The van der Waals surface area contributed by atoms with Crippen LogP contribution in [0.1, 0.15) is 81.0 Å². The van der Waals surface area contributed by atoms with Crippen molar-refractivity contribution in [1.82, 2.24) is 0 Å². The predicted molar refractivity (Wildman–Crippen MR) is 93.2 cm³/mol. The number of unbranched alkanes of at least 4 members (excludes halogenated alkanes) is 6. The van der Waals surface area contributed by atoms with Gasteiger partial charge >= 0.3 is 0 Å². The van der Waals surface area contributed by atoms with Gasteiger partial charge in [0, 0.05) is 10.5 Å². The van der Waals surface area contributed by atoms with Crippen molar-refractivity contribution >= 4 is 15.9 Å². The van der Waals surface area contributed by atoms with Crippen molar-refractivity contribution in [3.05, 3.63) is 33.3 Å². The SMILES string of the molecule is CCCCCCCCCC(N)c1cc(C)c(Br)c(C)c1. The van der Waals surface area contributed by atoms with Crippen LogP contribution in [0.3, 0.4) is 0 Å². The second-order valence-electron chi connectivity index (χ2n) is 5.99. The van der Waals surface area contributed by atoms with Crippen LogP contribution in [-0.2, 0) is 0 Å². The maximum Gasteiger partial charge on any atom is 0.0295 e. The molecular formula is C18H30BrN. The Labute approximate surface area is 133 Å². The van der Waals surface area contributed by atoms with E-state index in [4.69, 9.17) is 5.73 Å². The van der Waals surface area contributed by atoms with Crippen molar-refractivity contribution in [2.45, 2.75) is 78.2 Å². The summed E-state index contributed by atoms with van der Waals surface area (Å²) in [6.07, 6.45) is 10.5. The van der Waals surface area contributed by atoms with E-state index in [2.05, 4.69) is 48.8 Å². The summed E-state index contributed by atoms with van der Waals surface area (Å²) >= 11 is 3.62. The summed E-state index contributed by atoms with van der Waals surface area (Å²) in [5.74, 6) is 0. The molecule has 2 N–H and O–H groups in total. The Hall–Kier alpha value is -0.340. The lowest BCUT2D eigenvalue weighted by molar-refractivity contribution is 0.541. The van der Waals surface area contributed by atoms with Crippen LogP contribution in [0.5, 0.6) is 0 Å². The lowest BCUT2D eigenvalue weighted by atomic mass is 9.97. The third kappa shape index (κ3) is 5.97. The number of hydrogen-bond donors (Lipinski definition) is 1. The molecule has 0 aliphatic rings. The Bertz CT molecular complexity index is 377. The molecular weight excluding hydrogens is 310 g/mol. The minimum Gasteiger partial charge on any atom is -0.324 e. The van der Waals surface area contributed by atoms with Crippen molar-refractivity contribution in [2.24, 2.45) is 5.73 Å². The van der Waals surface area contributed by atoms with Crippen LogP contribution < -0.4 is 5.73 Å². The van der Waals surface area contributed by atoms with E-state index in [1.165, 1.54) is 66.1 Å². The fraction of sp³-hybridized carbons (Fsp3) is 0.667. The Morgan fingerprint density at radius 2 is 1.45 bits per heavy atom. The van der Waals surface area contributed by atoms with Gasteiger partial charge in [-0.2, -0.15) is 0 Å². The highest BCUT2D eigenvalue weighted by atomic mass is 79.9. The molecule has 1 unspecified atom stereocenters. The summed E-state index contributed by atoms with van der Waals surface area (Å²) in [5.41, 5.74) is 10.2. The van der Waals surface area contributed by atoms with Crippen molar-refractivity contribution in [2.75, 3.05) is 0 Å². The normalized spacial score (nSPS) is 12.7. The van der Waals surface area contributed by atoms with Crippen molar-refractivity contribution in [3.63, 3.8) is 0 Å². The Kier molecular flexibility index (Phi) is 8.47. The van der Waals surface area contributed by atoms with Gasteiger partial charge in [0.25, 0.3) is 0 Å². The second kappa shape index (κ2) is 9.57. The first-order valence-electron chi connectivity index (χ1n) is 8.08. The highest BCUT2D eigenvalue weighted by Crippen LogP contribution is 2.26. The van der Waals surface area contributed by atoms with Crippen LogP contribution in [0.15, 0.2) is 16.6 Å². The first kappa shape index (κ1) is 17.7. The fourth-order valence-corrected chi connectivity index (χ4v) is 2.91. The topological polar surface area (TPSA) is 26.0 Å². The monoisotopic (exact) mass is 339 g/mol. The average Bonchev–Trinajstić information content (AvgIpc) is 2.43. The molecule has 2 heteroatoms. The maximum absolute atomic E-state index is 6.33. The standard InChI is InChI=1S/C18H30BrN/c1-4-5-6-7-8-9-10-11-17(20)16-12-14(2)18(19)15(3)13-16/h12-13,17H,4-11,20H2,1-3H3. The van der Waals surface area contributed by atoms with Crippen molar-refractivity contribution in [1.29, 1.82) is 0 Å². The molecule has 1 atom stereocenters. The van der Waals surface area contributed by atoms with Gasteiger partial charge in [0.2, 0.25) is 0 Å². The summed E-state index contributed by atoms with van der Waals surface area (Å²) in [6, 6.07) is 4.64. The van der Waals surface area contributed by atoms with Gasteiger partial charge in [0.05, 0.1) is 0 Å². The van der Waals surface area contributed by atoms with Gasteiger partial charge in [0.1, 0.15) is 0 Å². The molecule has 20 heavy (non-hydrogen) atoms. The van der Waals surface area contributed by atoms with Gasteiger partial charge in [-0.1, -0.05) is 79.9 Å². The molecule has 0 aliphatic carbocycles. The smallest absolute Gasteiger partial charge is 0.0295 e. The van der Waals surface area contributed by atoms with Crippen molar-refractivity contribution in [3.8, 4) is 0 Å². The predicted octanol–water partition coefficient (Wildman–Crippen LogP) is 6.21. The summed E-state index contributed by atoms with van der Waals surface area (Å²) in [4.78, 5) is 0. The fourth-order valence-electron chi connectivity index (χ4n) is 2.68. The molecule has 1 aromatic rings. The van der Waals surface area contributed by atoms with Gasteiger partial charge < -0.3 is 5.73 Å². The van der Waals surface area contributed by atoms with Crippen LogP contribution in [-0.4, -0.2) is 0 Å². The first-order valence-corrected chi connectivity index (χ1v) is 8.87. The maximum atomic E-state index is 6.33. The van der Waals surface area contributed by atoms with Gasteiger partial charge in [-0.15, -0.1) is 0 Å². The molecule has 0 aromatic heterocycles. The van der Waals surface area contributed by atoms with E-state index in [1.807, 2.05) is 0 Å².